The predicted molar refractivity (Wildman–Crippen MR) is 132 cm³/mol. The number of ether oxygens (including phenoxy) is 1. The molecule has 172 valence electrons. The third-order valence-corrected chi connectivity index (χ3v) is 5.72. The van der Waals surface area contributed by atoms with Crippen molar-refractivity contribution in [1.29, 1.82) is 0 Å². The van der Waals surface area contributed by atoms with Crippen LogP contribution in [0.2, 0.25) is 0 Å². The Balaban J connectivity index is 1.74. The molecule has 1 aliphatic rings. The first-order valence-corrected chi connectivity index (χ1v) is 11.4. The lowest BCUT2D eigenvalue weighted by Crippen LogP contribution is -2.35. The second kappa shape index (κ2) is 9.53. The Morgan fingerprint density at radius 1 is 1.12 bits per heavy atom. The number of aryl methyl sites for hydroxylation is 1. The first-order valence-electron chi connectivity index (χ1n) is 11.4. The van der Waals surface area contributed by atoms with Gasteiger partial charge in [-0.25, -0.2) is 4.98 Å². The van der Waals surface area contributed by atoms with Gasteiger partial charge in [-0.1, -0.05) is 23.8 Å². The molecule has 0 bridgehead atoms. The highest BCUT2D eigenvalue weighted by Crippen LogP contribution is 2.35. The Morgan fingerprint density at radius 3 is 2.58 bits per heavy atom. The Labute approximate surface area is 195 Å². The van der Waals surface area contributed by atoms with E-state index in [0.29, 0.717) is 17.8 Å². The molecule has 0 aliphatic carbocycles. The van der Waals surface area contributed by atoms with E-state index in [1.165, 1.54) is 0 Å². The minimum Gasteiger partial charge on any atom is -0.507 e. The van der Waals surface area contributed by atoms with E-state index in [1.807, 2.05) is 63.2 Å². The largest absolute Gasteiger partial charge is 0.507 e. The van der Waals surface area contributed by atoms with E-state index in [4.69, 9.17) is 9.72 Å². The van der Waals surface area contributed by atoms with Gasteiger partial charge in [0.2, 0.25) is 5.91 Å². The maximum absolute atomic E-state index is 11.5. The molecule has 4 rings (SSSR count). The van der Waals surface area contributed by atoms with Gasteiger partial charge in [0.15, 0.2) is 0 Å². The van der Waals surface area contributed by atoms with E-state index in [2.05, 4.69) is 16.3 Å². The Morgan fingerprint density at radius 2 is 1.88 bits per heavy atom. The Kier molecular flexibility index (Phi) is 6.54. The van der Waals surface area contributed by atoms with Gasteiger partial charge >= 0.3 is 0 Å². The van der Waals surface area contributed by atoms with Crippen molar-refractivity contribution < 1.29 is 14.6 Å². The number of pyridine rings is 1. The van der Waals surface area contributed by atoms with Crippen LogP contribution in [0.4, 0.5) is 5.82 Å². The number of phenolic OH excluding ortho intramolecular Hbond substituents is 1. The van der Waals surface area contributed by atoms with Crippen LogP contribution in [0.25, 0.3) is 22.4 Å². The number of rotatable bonds is 6. The number of carbonyl (C=O) groups excluding carboxylic acids is 1. The number of benzene rings is 2. The molecule has 2 aromatic carbocycles. The average Bonchev–Trinajstić information content (AvgIpc) is 3.23. The molecule has 2 N–H and O–H groups in total. The summed E-state index contributed by atoms with van der Waals surface area (Å²) in [4.78, 5) is 18.6. The zero-order valence-electron chi connectivity index (χ0n) is 19.6. The van der Waals surface area contributed by atoms with Gasteiger partial charge in [-0.05, 0) is 74.7 Å². The molecule has 6 nitrogen and oxygen atoms in total. The summed E-state index contributed by atoms with van der Waals surface area (Å²) >= 11 is 0. The topological polar surface area (TPSA) is 74.7 Å². The number of nitrogens with zero attached hydrogens (tertiary/aromatic N) is 2. The highest BCUT2D eigenvalue weighted by Gasteiger charge is 2.25. The normalized spacial score (nSPS) is 15.7. The van der Waals surface area contributed by atoms with Crippen LogP contribution in [0.1, 0.15) is 32.8 Å². The molecule has 2 heterocycles. The van der Waals surface area contributed by atoms with Crippen LogP contribution in [0.15, 0.2) is 54.6 Å². The van der Waals surface area contributed by atoms with Crippen molar-refractivity contribution in [2.45, 2.75) is 46.3 Å². The number of hydrogen-bond acceptors (Lipinski definition) is 5. The third-order valence-electron chi connectivity index (χ3n) is 5.72. The van der Waals surface area contributed by atoms with Gasteiger partial charge in [0.25, 0.3) is 0 Å². The summed E-state index contributed by atoms with van der Waals surface area (Å²) in [5.41, 5.74) is 4.53. The summed E-state index contributed by atoms with van der Waals surface area (Å²) in [7, 11) is 0. The number of aromatic nitrogens is 1. The predicted octanol–water partition coefficient (Wildman–Crippen LogP) is 4.93. The van der Waals surface area contributed by atoms with Crippen LogP contribution in [0, 0.1) is 6.92 Å². The number of carbonyl (C=O) groups is 1. The van der Waals surface area contributed by atoms with Crippen molar-refractivity contribution in [3.8, 4) is 33.9 Å². The molecule has 1 atom stereocenters. The Bertz CT molecular complexity index is 1140. The van der Waals surface area contributed by atoms with Gasteiger partial charge in [-0.15, -0.1) is 0 Å². The number of hydrogen-bond donors (Lipinski definition) is 2. The molecule has 1 aliphatic heterocycles. The number of aromatic hydroxyl groups is 1. The standard InChI is InChI=1S/C27H31N3O3/c1-17(2)33-23-8-6-20(7-9-23)21-14-25(24-13-18(3)5-10-26(24)32)29-27(15-21)30-12-11-22(16-30)28-19(4)31/h5-10,13-15,17,22,32H,11-12,16H2,1-4H3,(H,28,31). The molecule has 33 heavy (non-hydrogen) atoms. The van der Waals surface area contributed by atoms with Gasteiger partial charge in [-0.2, -0.15) is 0 Å². The molecule has 0 radical (unpaired) electrons. The second-order valence-electron chi connectivity index (χ2n) is 8.94. The fourth-order valence-electron chi connectivity index (χ4n) is 4.21. The van der Waals surface area contributed by atoms with Gasteiger partial charge in [0.05, 0.1) is 11.8 Å². The molecule has 0 saturated carbocycles. The monoisotopic (exact) mass is 445 g/mol. The zero-order chi connectivity index (χ0) is 23.5. The summed E-state index contributed by atoms with van der Waals surface area (Å²) in [6, 6.07) is 17.8. The molecule has 1 fully saturated rings. The van der Waals surface area contributed by atoms with Crippen LogP contribution in [-0.4, -0.2) is 41.2 Å². The van der Waals surface area contributed by atoms with E-state index in [0.717, 1.165) is 41.2 Å². The highest BCUT2D eigenvalue weighted by molar-refractivity contribution is 5.77. The Hall–Kier alpha value is -3.54. The van der Waals surface area contributed by atoms with E-state index in [-0.39, 0.29) is 23.8 Å². The summed E-state index contributed by atoms with van der Waals surface area (Å²) in [5.74, 6) is 1.85. The number of nitrogens with one attached hydrogen (secondary N) is 1. The fourth-order valence-corrected chi connectivity index (χ4v) is 4.21. The highest BCUT2D eigenvalue weighted by atomic mass is 16.5. The average molecular weight is 446 g/mol. The summed E-state index contributed by atoms with van der Waals surface area (Å²) in [5, 5.41) is 13.6. The van der Waals surface area contributed by atoms with Crippen LogP contribution >= 0.6 is 0 Å². The SMILES string of the molecule is CC(=O)NC1CCN(c2cc(-c3ccc(OC(C)C)cc3)cc(-c3cc(C)ccc3O)n2)C1. The number of amides is 1. The lowest BCUT2D eigenvalue weighted by molar-refractivity contribution is -0.119. The maximum Gasteiger partial charge on any atom is 0.217 e. The van der Waals surface area contributed by atoms with Crippen LogP contribution in [0.3, 0.4) is 0 Å². The molecule has 1 aromatic heterocycles. The molecule has 1 unspecified atom stereocenters. The van der Waals surface area contributed by atoms with Crippen molar-refractivity contribution in [2.75, 3.05) is 18.0 Å². The van der Waals surface area contributed by atoms with Crippen LogP contribution < -0.4 is 15.0 Å². The number of phenols is 1. The third kappa shape index (κ3) is 5.45. The smallest absolute Gasteiger partial charge is 0.217 e. The molecular weight excluding hydrogens is 414 g/mol. The van der Waals surface area contributed by atoms with Crippen molar-refractivity contribution in [1.82, 2.24) is 10.3 Å². The van der Waals surface area contributed by atoms with Gasteiger partial charge in [0, 0.05) is 31.6 Å². The zero-order valence-corrected chi connectivity index (χ0v) is 19.6. The van der Waals surface area contributed by atoms with Crippen molar-refractivity contribution in [3.05, 3.63) is 60.2 Å². The van der Waals surface area contributed by atoms with Gasteiger partial charge in [-0.3, -0.25) is 4.79 Å². The minimum absolute atomic E-state index is 0.0161. The van der Waals surface area contributed by atoms with Crippen LogP contribution in [0.5, 0.6) is 11.5 Å². The van der Waals surface area contributed by atoms with E-state index >= 15 is 0 Å². The van der Waals surface area contributed by atoms with E-state index < -0.39 is 0 Å². The van der Waals surface area contributed by atoms with Crippen molar-refractivity contribution in [2.24, 2.45) is 0 Å². The molecule has 1 saturated heterocycles. The lowest BCUT2D eigenvalue weighted by Gasteiger charge is -2.20. The van der Waals surface area contributed by atoms with E-state index in [9.17, 15) is 9.90 Å². The summed E-state index contributed by atoms with van der Waals surface area (Å²) in [6.07, 6.45) is 0.989. The lowest BCUT2D eigenvalue weighted by atomic mass is 10.0. The molecular formula is C27H31N3O3. The van der Waals surface area contributed by atoms with Crippen molar-refractivity contribution in [3.63, 3.8) is 0 Å². The quantitative estimate of drug-likeness (QED) is 0.563. The fraction of sp³-hybridized carbons (Fsp3) is 0.333. The van der Waals surface area contributed by atoms with Gasteiger partial charge in [0.1, 0.15) is 17.3 Å². The van der Waals surface area contributed by atoms with Gasteiger partial charge < -0.3 is 20.1 Å². The van der Waals surface area contributed by atoms with Crippen molar-refractivity contribution >= 4 is 11.7 Å². The van der Waals surface area contributed by atoms with Crippen LogP contribution in [-0.2, 0) is 4.79 Å². The molecule has 0 spiro atoms. The molecule has 6 heteroatoms. The van der Waals surface area contributed by atoms with E-state index in [1.54, 1.807) is 13.0 Å². The minimum atomic E-state index is -0.0161. The first-order chi connectivity index (χ1) is 15.8. The molecule has 1 amide bonds. The number of anilines is 1. The maximum atomic E-state index is 11.5. The molecule has 3 aromatic rings. The second-order valence-corrected chi connectivity index (χ2v) is 8.94. The summed E-state index contributed by atoms with van der Waals surface area (Å²) < 4.78 is 5.79. The first kappa shape index (κ1) is 22.6. The summed E-state index contributed by atoms with van der Waals surface area (Å²) in [6.45, 7) is 9.08.